The van der Waals surface area contributed by atoms with Crippen molar-refractivity contribution >= 4 is 8.32 Å². The minimum absolute atomic E-state index is 0.0392. The third kappa shape index (κ3) is 3.57. The van der Waals surface area contributed by atoms with Gasteiger partial charge in [-0.25, -0.2) is 0 Å². The standard InChI is InChI=1S/C12H29NOSi/c1-10(2,3)12(7,13)14-15(8,9)11(4,5)6/h13H2,1-9H3. The molecule has 0 aliphatic heterocycles. The van der Waals surface area contributed by atoms with Crippen LogP contribution in [0.3, 0.4) is 0 Å². The molecular weight excluding hydrogens is 202 g/mol. The van der Waals surface area contributed by atoms with E-state index < -0.39 is 14.0 Å². The molecule has 0 aliphatic rings. The molecule has 0 saturated heterocycles. The molecule has 2 nitrogen and oxygen atoms in total. The summed E-state index contributed by atoms with van der Waals surface area (Å²) < 4.78 is 6.27. The molecule has 0 heterocycles. The molecule has 0 aromatic heterocycles. The first-order valence-electron chi connectivity index (χ1n) is 5.70. The zero-order valence-corrected chi connectivity index (χ0v) is 13.0. The van der Waals surface area contributed by atoms with Gasteiger partial charge >= 0.3 is 0 Å². The van der Waals surface area contributed by atoms with E-state index in [1.54, 1.807) is 0 Å². The van der Waals surface area contributed by atoms with Gasteiger partial charge in [-0.1, -0.05) is 41.5 Å². The van der Waals surface area contributed by atoms with Crippen molar-refractivity contribution in [3.8, 4) is 0 Å². The van der Waals surface area contributed by atoms with Crippen molar-refractivity contribution in [2.45, 2.75) is 72.3 Å². The average Bonchev–Trinajstić information content (AvgIpc) is 1.77. The highest BCUT2D eigenvalue weighted by atomic mass is 28.4. The molecule has 0 aromatic carbocycles. The molecule has 0 aliphatic carbocycles. The van der Waals surface area contributed by atoms with E-state index >= 15 is 0 Å². The minimum atomic E-state index is -1.78. The summed E-state index contributed by atoms with van der Waals surface area (Å²) in [4.78, 5) is 0. The molecule has 0 bridgehead atoms. The molecule has 0 saturated carbocycles. The molecule has 15 heavy (non-hydrogen) atoms. The van der Waals surface area contributed by atoms with Crippen LogP contribution in [-0.4, -0.2) is 14.0 Å². The molecule has 0 aromatic rings. The van der Waals surface area contributed by atoms with Crippen LogP contribution >= 0.6 is 0 Å². The van der Waals surface area contributed by atoms with Crippen molar-refractivity contribution in [1.82, 2.24) is 0 Å². The fourth-order valence-corrected chi connectivity index (χ4v) is 2.51. The first-order chi connectivity index (χ1) is 6.21. The lowest BCUT2D eigenvalue weighted by molar-refractivity contribution is -0.0229. The molecule has 92 valence electrons. The van der Waals surface area contributed by atoms with Crippen molar-refractivity contribution < 1.29 is 4.43 Å². The quantitative estimate of drug-likeness (QED) is 0.580. The molecule has 0 rings (SSSR count). The van der Waals surface area contributed by atoms with Gasteiger partial charge in [0.05, 0.1) is 0 Å². The highest BCUT2D eigenvalue weighted by Gasteiger charge is 2.45. The van der Waals surface area contributed by atoms with E-state index in [0.717, 1.165) is 0 Å². The maximum Gasteiger partial charge on any atom is 0.194 e. The molecule has 3 heteroatoms. The predicted octanol–water partition coefficient (Wildman–Crippen LogP) is 3.73. The average molecular weight is 231 g/mol. The van der Waals surface area contributed by atoms with Gasteiger partial charge in [0.2, 0.25) is 0 Å². The summed E-state index contributed by atoms with van der Waals surface area (Å²) >= 11 is 0. The molecule has 1 unspecified atom stereocenters. The molecule has 0 amide bonds. The maximum absolute atomic E-state index is 6.29. The largest absolute Gasteiger partial charge is 0.399 e. The van der Waals surface area contributed by atoms with Crippen molar-refractivity contribution in [2.24, 2.45) is 11.1 Å². The SMILES string of the molecule is CC(C)(C)C(C)(N)O[Si](C)(C)C(C)(C)C. The summed E-state index contributed by atoms with van der Waals surface area (Å²) in [6.45, 7) is 19.6. The van der Waals surface area contributed by atoms with Crippen LogP contribution in [0.5, 0.6) is 0 Å². The van der Waals surface area contributed by atoms with Crippen LogP contribution < -0.4 is 5.73 Å². The normalized spacial score (nSPS) is 18.8. The van der Waals surface area contributed by atoms with Crippen molar-refractivity contribution in [1.29, 1.82) is 0 Å². The highest BCUT2D eigenvalue weighted by Crippen LogP contribution is 2.41. The second-order valence-electron chi connectivity index (χ2n) is 7.22. The zero-order valence-electron chi connectivity index (χ0n) is 12.0. The van der Waals surface area contributed by atoms with E-state index in [9.17, 15) is 0 Å². The topological polar surface area (TPSA) is 35.2 Å². The lowest BCUT2D eigenvalue weighted by atomic mass is 9.85. The fraction of sp³-hybridized carbons (Fsp3) is 1.00. The number of hydrogen-bond acceptors (Lipinski definition) is 2. The van der Waals surface area contributed by atoms with Crippen molar-refractivity contribution in [3.63, 3.8) is 0 Å². The van der Waals surface area contributed by atoms with Gasteiger partial charge in [-0.2, -0.15) is 0 Å². The summed E-state index contributed by atoms with van der Waals surface area (Å²) in [6, 6.07) is 0. The summed E-state index contributed by atoms with van der Waals surface area (Å²) in [5.41, 5.74) is 5.69. The summed E-state index contributed by atoms with van der Waals surface area (Å²) in [5.74, 6) is 0. The smallest absolute Gasteiger partial charge is 0.194 e. The third-order valence-corrected chi connectivity index (χ3v) is 8.31. The van der Waals surface area contributed by atoms with Gasteiger partial charge in [-0.3, -0.25) is 0 Å². The first kappa shape index (κ1) is 15.1. The first-order valence-corrected chi connectivity index (χ1v) is 8.61. The van der Waals surface area contributed by atoms with Gasteiger partial charge in [-0.05, 0) is 25.1 Å². The van der Waals surface area contributed by atoms with Gasteiger partial charge in [0, 0.05) is 5.41 Å². The Kier molecular flexibility index (Phi) is 3.90. The second kappa shape index (κ2) is 3.86. The zero-order chi connectivity index (χ0) is 12.7. The van der Waals surface area contributed by atoms with E-state index in [0.29, 0.717) is 0 Å². The van der Waals surface area contributed by atoms with Crippen LogP contribution in [0.25, 0.3) is 0 Å². The summed E-state index contributed by atoms with van der Waals surface area (Å²) in [6.07, 6.45) is 0. The van der Waals surface area contributed by atoms with Gasteiger partial charge in [0.25, 0.3) is 0 Å². The molecule has 1 atom stereocenters. The highest BCUT2D eigenvalue weighted by molar-refractivity contribution is 6.74. The van der Waals surface area contributed by atoms with Crippen LogP contribution in [0.1, 0.15) is 48.5 Å². The number of hydrogen-bond donors (Lipinski definition) is 1. The molecule has 0 radical (unpaired) electrons. The number of rotatable bonds is 2. The molecule has 2 N–H and O–H groups in total. The fourth-order valence-electron chi connectivity index (χ4n) is 0.836. The monoisotopic (exact) mass is 231 g/mol. The van der Waals surface area contributed by atoms with Gasteiger partial charge in [-0.15, -0.1) is 0 Å². The van der Waals surface area contributed by atoms with Crippen LogP contribution in [0.15, 0.2) is 0 Å². The van der Waals surface area contributed by atoms with Crippen LogP contribution in [0, 0.1) is 5.41 Å². The Bertz CT molecular complexity index is 197. The second-order valence-corrected chi connectivity index (χ2v) is 11.9. The Morgan fingerprint density at radius 2 is 1.20 bits per heavy atom. The van der Waals surface area contributed by atoms with Gasteiger partial charge < -0.3 is 10.2 Å². The lowest BCUT2D eigenvalue weighted by Crippen LogP contribution is -2.59. The van der Waals surface area contributed by atoms with Crippen molar-refractivity contribution in [2.75, 3.05) is 0 Å². The predicted molar refractivity (Wildman–Crippen MR) is 70.3 cm³/mol. The molecule has 0 fully saturated rings. The van der Waals surface area contributed by atoms with E-state index in [-0.39, 0.29) is 10.5 Å². The maximum atomic E-state index is 6.29. The van der Waals surface area contributed by atoms with Gasteiger partial charge in [0.1, 0.15) is 5.72 Å². The minimum Gasteiger partial charge on any atom is -0.399 e. The summed E-state index contributed by atoms with van der Waals surface area (Å²) in [7, 11) is -1.78. The number of nitrogens with two attached hydrogens (primary N) is 1. The van der Waals surface area contributed by atoms with E-state index in [1.807, 2.05) is 6.92 Å². The van der Waals surface area contributed by atoms with Crippen LogP contribution in [0.2, 0.25) is 18.1 Å². The Balaban J connectivity index is 4.89. The molecule has 0 spiro atoms. The van der Waals surface area contributed by atoms with Crippen molar-refractivity contribution in [3.05, 3.63) is 0 Å². The Labute approximate surface area is 96.7 Å². The third-order valence-electron chi connectivity index (χ3n) is 3.76. The van der Waals surface area contributed by atoms with Gasteiger partial charge in [0.15, 0.2) is 8.32 Å². The van der Waals surface area contributed by atoms with E-state index in [1.165, 1.54) is 0 Å². The van der Waals surface area contributed by atoms with Crippen LogP contribution in [-0.2, 0) is 4.43 Å². The summed E-state index contributed by atoms with van der Waals surface area (Å²) in [5, 5.41) is 0.207. The lowest BCUT2D eigenvalue weighted by Gasteiger charge is -2.47. The van der Waals surface area contributed by atoms with E-state index in [4.69, 9.17) is 10.2 Å². The Hall–Kier alpha value is 0.137. The Morgan fingerprint density at radius 3 is 1.40 bits per heavy atom. The Morgan fingerprint density at radius 1 is 0.867 bits per heavy atom. The van der Waals surface area contributed by atoms with E-state index in [2.05, 4.69) is 54.6 Å². The van der Waals surface area contributed by atoms with Crippen LogP contribution in [0.4, 0.5) is 0 Å². The molecular formula is C12H29NOSi.